The highest BCUT2D eigenvalue weighted by molar-refractivity contribution is 5.03. The molecule has 2 unspecified atom stereocenters. The van der Waals surface area contributed by atoms with Gasteiger partial charge in [0.25, 0.3) is 0 Å². The van der Waals surface area contributed by atoms with E-state index in [0.29, 0.717) is 5.92 Å². The van der Waals surface area contributed by atoms with Crippen molar-refractivity contribution in [3.05, 3.63) is 11.6 Å². The van der Waals surface area contributed by atoms with E-state index < -0.39 is 0 Å². The second kappa shape index (κ2) is 4.51. The molecule has 0 radical (unpaired) electrons. The van der Waals surface area contributed by atoms with Crippen LogP contribution in [-0.4, -0.2) is 34.9 Å². The quantitative estimate of drug-likeness (QED) is 0.787. The number of nitrogens with one attached hydrogen (secondary N) is 2. The van der Waals surface area contributed by atoms with E-state index in [1.54, 1.807) is 0 Å². The van der Waals surface area contributed by atoms with Gasteiger partial charge >= 0.3 is 0 Å². The van der Waals surface area contributed by atoms with Crippen molar-refractivity contribution in [1.29, 1.82) is 0 Å². The van der Waals surface area contributed by atoms with Crippen LogP contribution in [0.3, 0.4) is 0 Å². The number of aromatic nitrogens is 3. The van der Waals surface area contributed by atoms with Crippen molar-refractivity contribution in [3.63, 3.8) is 0 Å². The fraction of sp³-hybridized carbons (Fsp3) is 0.818. The second-order valence-corrected chi connectivity index (χ2v) is 4.62. The average molecular weight is 222 g/mol. The van der Waals surface area contributed by atoms with Gasteiger partial charge in [0.1, 0.15) is 6.10 Å². The van der Waals surface area contributed by atoms with Crippen molar-refractivity contribution in [2.24, 2.45) is 0 Å². The third-order valence-electron chi connectivity index (χ3n) is 3.43. The molecule has 0 bridgehead atoms. The predicted molar refractivity (Wildman–Crippen MR) is 59.2 cm³/mol. The Kier molecular flexibility index (Phi) is 2.88. The zero-order valence-electron chi connectivity index (χ0n) is 9.41. The summed E-state index contributed by atoms with van der Waals surface area (Å²) in [6, 6.07) is 0. The van der Waals surface area contributed by atoms with Crippen LogP contribution in [0.1, 0.15) is 49.4 Å². The standard InChI is InChI=1S/C11H18N4O/c1-2-6-16-9(3-1)11-13-10(14-15-11)8-4-5-12-7-8/h8-9,12H,1-7H2,(H,13,14,15). The number of hydrogen-bond acceptors (Lipinski definition) is 4. The Morgan fingerprint density at radius 2 is 2.25 bits per heavy atom. The van der Waals surface area contributed by atoms with Crippen LogP contribution in [0.25, 0.3) is 0 Å². The van der Waals surface area contributed by atoms with Crippen molar-refractivity contribution in [2.45, 2.75) is 37.7 Å². The number of rotatable bonds is 2. The predicted octanol–water partition coefficient (Wildman–Crippen LogP) is 1.12. The zero-order valence-corrected chi connectivity index (χ0v) is 9.41. The molecule has 3 heterocycles. The Hall–Kier alpha value is -0.940. The third kappa shape index (κ3) is 1.97. The lowest BCUT2D eigenvalue weighted by molar-refractivity contribution is 0.00962. The van der Waals surface area contributed by atoms with Crippen LogP contribution in [0.5, 0.6) is 0 Å². The molecule has 0 spiro atoms. The summed E-state index contributed by atoms with van der Waals surface area (Å²) in [4.78, 5) is 4.58. The Bertz CT molecular complexity index is 340. The van der Waals surface area contributed by atoms with Crippen LogP contribution in [0, 0.1) is 0 Å². The van der Waals surface area contributed by atoms with E-state index in [9.17, 15) is 0 Å². The minimum Gasteiger partial charge on any atom is -0.370 e. The van der Waals surface area contributed by atoms with Crippen LogP contribution in [-0.2, 0) is 4.74 Å². The van der Waals surface area contributed by atoms with E-state index in [1.165, 1.54) is 12.8 Å². The van der Waals surface area contributed by atoms with Crippen LogP contribution in [0.4, 0.5) is 0 Å². The summed E-state index contributed by atoms with van der Waals surface area (Å²) >= 11 is 0. The molecule has 3 rings (SSSR count). The summed E-state index contributed by atoms with van der Waals surface area (Å²) in [7, 11) is 0. The fourth-order valence-electron chi connectivity index (χ4n) is 2.45. The van der Waals surface area contributed by atoms with Gasteiger partial charge in [0.15, 0.2) is 11.6 Å². The average Bonchev–Trinajstić information content (AvgIpc) is 3.01. The van der Waals surface area contributed by atoms with Crippen molar-refractivity contribution in [1.82, 2.24) is 20.5 Å². The number of ether oxygens (including phenoxy) is 1. The molecule has 5 nitrogen and oxygen atoms in total. The van der Waals surface area contributed by atoms with Gasteiger partial charge in [0.2, 0.25) is 0 Å². The molecule has 2 atom stereocenters. The van der Waals surface area contributed by atoms with E-state index in [1.807, 2.05) is 0 Å². The summed E-state index contributed by atoms with van der Waals surface area (Å²) in [5, 5.41) is 10.7. The van der Waals surface area contributed by atoms with Crippen molar-refractivity contribution in [2.75, 3.05) is 19.7 Å². The van der Waals surface area contributed by atoms with E-state index in [0.717, 1.165) is 44.2 Å². The smallest absolute Gasteiger partial charge is 0.155 e. The summed E-state index contributed by atoms with van der Waals surface area (Å²) < 4.78 is 5.69. The fourth-order valence-corrected chi connectivity index (χ4v) is 2.45. The van der Waals surface area contributed by atoms with E-state index in [2.05, 4.69) is 20.5 Å². The van der Waals surface area contributed by atoms with Crippen molar-refractivity contribution < 1.29 is 4.74 Å². The molecule has 16 heavy (non-hydrogen) atoms. The molecule has 88 valence electrons. The van der Waals surface area contributed by atoms with Crippen LogP contribution >= 0.6 is 0 Å². The van der Waals surface area contributed by atoms with E-state index in [-0.39, 0.29) is 6.10 Å². The van der Waals surface area contributed by atoms with Gasteiger partial charge < -0.3 is 10.1 Å². The molecule has 5 heteroatoms. The Morgan fingerprint density at radius 1 is 1.25 bits per heavy atom. The molecule has 2 saturated heterocycles. The van der Waals surface area contributed by atoms with Gasteiger partial charge in [-0.1, -0.05) is 0 Å². The minimum atomic E-state index is 0.143. The number of hydrogen-bond donors (Lipinski definition) is 2. The summed E-state index contributed by atoms with van der Waals surface area (Å²) in [5.41, 5.74) is 0. The first kappa shape index (κ1) is 10.2. The van der Waals surface area contributed by atoms with Gasteiger partial charge in [-0.05, 0) is 32.2 Å². The molecule has 0 saturated carbocycles. The summed E-state index contributed by atoms with van der Waals surface area (Å²) in [6.07, 6.45) is 4.75. The maximum absolute atomic E-state index is 5.69. The third-order valence-corrected chi connectivity index (χ3v) is 3.43. The highest BCUT2D eigenvalue weighted by atomic mass is 16.5. The monoisotopic (exact) mass is 222 g/mol. The summed E-state index contributed by atoms with van der Waals surface area (Å²) in [6.45, 7) is 2.93. The lowest BCUT2D eigenvalue weighted by atomic mass is 10.1. The molecule has 2 aliphatic heterocycles. The van der Waals surface area contributed by atoms with Gasteiger partial charge in [-0.2, -0.15) is 5.10 Å². The van der Waals surface area contributed by atoms with E-state index >= 15 is 0 Å². The molecular weight excluding hydrogens is 204 g/mol. The molecule has 2 N–H and O–H groups in total. The maximum Gasteiger partial charge on any atom is 0.155 e. The number of aromatic amines is 1. The summed E-state index contributed by atoms with van der Waals surface area (Å²) in [5.74, 6) is 2.35. The molecular formula is C11H18N4O. The van der Waals surface area contributed by atoms with Crippen molar-refractivity contribution >= 4 is 0 Å². The van der Waals surface area contributed by atoms with Gasteiger partial charge in [-0.15, -0.1) is 0 Å². The molecule has 0 aromatic carbocycles. The molecule has 0 aliphatic carbocycles. The highest BCUT2D eigenvalue weighted by Crippen LogP contribution is 2.26. The Morgan fingerprint density at radius 3 is 3.00 bits per heavy atom. The van der Waals surface area contributed by atoms with Crippen LogP contribution < -0.4 is 5.32 Å². The number of nitrogens with zero attached hydrogens (tertiary/aromatic N) is 2. The second-order valence-electron chi connectivity index (χ2n) is 4.62. The number of H-pyrrole nitrogens is 1. The van der Waals surface area contributed by atoms with Gasteiger partial charge in [-0.25, -0.2) is 4.98 Å². The zero-order chi connectivity index (χ0) is 10.8. The lowest BCUT2D eigenvalue weighted by Crippen LogP contribution is -2.13. The lowest BCUT2D eigenvalue weighted by Gasteiger charge is -2.19. The minimum absolute atomic E-state index is 0.143. The highest BCUT2D eigenvalue weighted by Gasteiger charge is 2.24. The van der Waals surface area contributed by atoms with Crippen LogP contribution in [0.15, 0.2) is 0 Å². The topological polar surface area (TPSA) is 62.8 Å². The van der Waals surface area contributed by atoms with E-state index in [4.69, 9.17) is 4.74 Å². The van der Waals surface area contributed by atoms with Gasteiger partial charge in [0.05, 0.1) is 0 Å². The maximum atomic E-state index is 5.69. The normalized spacial score (nSPS) is 30.8. The molecule has 0 amide bonds. The van der Waals surface area contributed by atoms with Crippen molar-refractivity contribution in [3.8, 4) is 0 Å². The largest absolute Gasteiger partial charge is 0.370 e. The van der Waals surface area contributed by atoms with Crippen LogP contribution in [0.2, 0.25) is 0 Å². The Labute approximate surface area is 95.0 Å². The first-order valence-corrected chi connectivity index (χ1v) is 6.18. The molecule has 1 aromatic rings. The van der Waals surface area contributed by atoms with Gasteiger partial charge in [0, 0.05) is 19.1 Å². The SMILES string of the molecule is C1CCC(c2nc(C3CCNC3)n[nH]2)OC1. The van der Waals surface area contributed by atoms with Gasteiger partial charge in [-0.3, -0.25) is 5.10 Å². The first-order chi connectivity index (χ1) is 7.93. The Balaban J connectivity index is 1.71. The molecule has 2 aliphatic rings. The molecule has 1 aromatic heterocycles. The first-order valence-electron chi connectivity index (χ1n) is 6.18. The molecule has 2 fully saturated rings.